The molecule has 0 unspecified atom stereocenters. The summed E-state index contributed by atoms with van der Waals surface area (Å²) in [5.74, 6) is 1.29. The summed E-state index contributed by atoms with van der Waals surface area (Å²) in [7, 11) is 0. The first-order chi connectivity index (χ1) is 14.3. The molecule has 1 N–H and O–H groups in total. The first-order valence-electron chi connectivity index (χ1n) is 9.65. The number of amides is 1. The van der Waals surface area contributed by atoms with Gasteiger partial charge in [-0.1, -0.05) is 30.3 Å². The molecule has 148 valence electrons. The predicted octanol–water partition coefficient (Wildman–Crippen LogP) is 3.88. The largest absolute Gasteiger partial charge is 0.489 e. The van der Waals surface area contributed by atoms with Gasteiger partial charge in [0.05, 0.1) is 18.8 Å². The molecule has 29 heavy (non-hydrogen) atoms. The lowest BCUT2D eigenvalue weighted by Gasteiger charge is -2.27. The molecular formula is C23H23N3O3. The van der Waals surface area contributed by atoms with Gasteiger partial charge in [-0.25, -0.2) is 4.98 Å². The lowest BCUT2D eigenvalue weighted by atomic mass is 10.2. The molecule has 2 aromatic carbocycles. The van der Waals surface area contributed by atoms with E-state index in [0.717, 1.165) is 17.0 Å². The summed E-state index contributed by atoms with van der Waals surface area (Å²) in [4.78, 5) is 19.0. The highest BCUT2D eigenvalue weighted by Crippen LogP contribution is 2.23. The number of carbonyl (C=O) groups is 1. The highest BCUT2D eigenvalue weighted by molar-refractivity contribution is 5.99. The van der Waals surface area contributed by atoms with Crippen molar-refractivity contribution in [3.8, 4) is 5.75 Å². The van der Waals surface area contributed by atoms with E-state index in [-0.39, 0.29) is 5.91 Å². The van der Waals surface area contributed by atoms with Gasteiger partial charge in [0.1, 0.15) is 18.2 Å². The number of anilines is 2. The minimum absolute atomic E-state index is 0.0354. The fraction of sp³-hybridized carbons (Fsp3) is 0.217. The van der Waals surface area contributed by atoms with Gasteiger partial charge in [-0.3, -0.25) is 4.79 Å². The standard InChI is InChI=1S/C23H23N3O3/c27-23(26-13-15-28-16-14-26)21-7-4-12-24-22(21)25-19-8-10-20(11-9-19)29-17-18-5-2-1-3-6-18/h1-12H,13-17H2,(H,24,25). The molecule has 1 aliphatic rings. The third-order valence-corrected chi connectivity index (χ3v) is 4.70. The minimum atomic E-state index is -0.0354. The van der Waals surface area contributed by atoms with E-state index in [4.69, 9.17) is 9.47 Å². The number of ether oxygens (including phenoxy) is 2. The smallest absolute Gasteiger partial charge is 0.257 e. The molecule has 1 saturated heterocycles. The molecule has 0 bridgehead atoms. The van der Waals surface area contributed by atoms with Gasteiger partial charge >= 0.3 is 0 Å². The van der Waals surface area contributed by atoms with Crippen LogP contribution in [-0.4, -0.2) is 42.1 Å². The van der Waals surface area contributed by atoms with Gasteiger partial charge < -0.3 is 19.7 Å². The van der Waals surface area contributed by atoms with Gasteiger partial charge in [-0.05, 0) is 42.0 Å². The van der Waals surface area contributed by atoms with Crippen LogP contribution in [-0.2, 0) is 11.3 Å². The number of pyridine rings is 1. The fourth-order valence-corrected chi connectivity index (χ4v) is 3.13. The second-order valence-corrected chi connectivity index (χ2v) is 6.73. The van der Waals surface area contributed by atoms with Crippen molar-refractivity contribution >= 4 is 17.4 Å². The molecule has 6 heteroatoms. The monoisotopic (exact) mass is 389 g/mol. The van der Waals surface area contributed by atoms with Crippen molar-refractivity contribution in [2.45, 2.75) is 6.61 Å². The van der Waals surface area contributed by atoms with Gasteiger partial charge in [-0.2, -0.15) is 0 Å². The number of benzene rings is 2. The first-order valence-corrected chi connectivity index (χ1v) is 9.65. The maximum absolute atomic E-state index is 12.9. The summed E-state index contributed by atoms with van der Waals surface area (Å²) in [6.45, 7) is 2.85. The van der Waals surface area contributed by atoms with Crippen LogP contribution in [0.5, 0.6) is 5.75 Å². The van der Waals surface area contributed by atoms with Crippen LogP contribution < -0.4 is 10.1 Å². The zero-order valence-electron chi connectivity index (χ0n) is 16.1. The average molecular weight is 389 g/mol. The molecule has 4 rings (SSSR count). The van der Waals surface area contributed by atoms with Crippen molar-refractivity contribution in [3.05, 3.63) is 84.1 Å². The van der Waals surface area contributed by atoms with E-state index >= 15 is 0 Å². The molecule has 1 fully saturated rings. The van der Waals surface area contributed by atoms with Crippen LogP contribution in [0, 0.1) is 0 Å². The van der Waals surface area contributed by atoms with Crippen molar-refractivity contribution in [3.63, 3.8) is 0 Å². The molecule has 6 nitrogen and oxygen atoms in total. The molecule has 0 saturated carbocycles. The Labute approximate surface area is 170 Å². The maximum atomic E-state index is 12.9. The lowest BCUT2D eigenvalue weighted by Crippen LogP contribution is -2.40. The zero-order valence-corrected chi connectivity index (χ0v) is 16.1. The van der Waals surface area contributed by atoms with Crippen molar-refractivity contribution in [2.75, 3.05) is 31.6 Å². The van der Waals surface area contributed by atoms with Crippen molar-refractivity contribution in [1.29, 1.82) is 0 Å². The predicted molar refractivity (Wildman–Crippen MR) is 111 cm³/mol. The number of aromatic nitrogens is 1. The number of hydrogen-bond donors (Lipinski definition) is 1. The summed E-state index contributed by atoms with van der Waals surface area (Å²) >= 11 is 0. The van der Waals surface area contributed by atoms with Crippen LogP contribution in [0.2, 0.25) is 0 Å². The minimum Gasteiger partial charge on any atom is -0.489 e. The van der Waals surface area contributed by atoms with Crippen LogP contribution in [0.3, 0.4) is 0 Å². The maximum Gasteiger partial charge on any atom is 0.257 e. The van der Waals surface area contributed by atoms with Gasteiger partial charge in [0.25, 0.3) is 5.91 Å². The Morgan fingerprint density at radius 2 is 1.76 bits per heavy atom. The molecule has 0 radical (unpaired) electrons. The number of nitrogens with zero attached hydrogens (tertiary/aromatic N) is 2. The van der Waals surface area contributed by atoms with Crippen LogP contribution >= 0.6 is 0 Å². The first kappa shape index (κ1) is 19.0. The van der Waals surface area contributed by atoms with Crippen LogP contribution in [0.4, 0.5) is 11.5 Å². The summed E-state index contributed by atoms with van der Waals surface area (Å²) in [5, 5.41) is 3.25. The van der Waals surface area contributed by atoms with Crippen LogP contribution in [0.1, 0.15) is 15.9 Å². The van der Waals surface area contributed by atoms with E-state index in [9.17, 15) is 4.79 Å². The lowest BCUT2D eigenvalue weighted by molar-refractivity contribution is 0.0303. The van der Waals surface area contributed by atoms with E-state index < -0.39 is 0 Å². The third-order valence-electron chi connectivity index (χ3n) is 4.70. The number of nitrogens with one attached hydrogen (secondary N) is 1. The summed E-state index contributed by atoms with van der Waals surface area (Å²) in [6.07, 6.45) is 1.68. The zero-order chi connectivity index (χ0) is 19.9. The quantitative estimate of drug-likeness (QED) is 0.693. The van der Waals surface area contributed by atoms with Crippen molar-refractivity contribution < 1.29 is 14.3 Å². The molecule has 0 atom stereocenters. The highest BCUT2D eigenvalue weighted by atomic mass is 16.5. The molecule has 0 aliphatic carbocycles. The summed E-state index contributed by atoms with van der Waals surface area (Å²) < 4.78 is 11.2. The average Bonchev–Trinajstić information content (AvgIpc) is 2.80. The molecule has 0 spiro atoms. The van der Waals surface area contributed by atoms with Crippen LogP contribution in [0.15, 0.2) is 72.9 Å². The van der Waals surface area contributed by atoms with Gasteiger partial charge in [0.15, 0.2) is 0 Å². The van der Waals surface area contributed by atoms with E-state index in [0.29, 0.717) is 44.3 Å². The topological polar surface area (TPSA) is 63.7 Å². The molecule has 1 amide bonds. The Kier molecular flexibility index (Phi) is 6.02. The molecule has 1 aromatic heterocycles. The summed E-state index contributed by atoms with van der Waals surface area (Å²) in [6, 6.07) is 21.2. The Hall–Kier alpha value is -3.38. The number of morpholine rings is 1. The van der Waals surface area contributed by atoms with E-state index in [1.54, 1.807) is 23.2 Å². The Bertz CT molecular complexity index is 939. The van der Waals surface area contributed by atoms with Crippen molar-refractivity contribution in [1.82, 2.24) is 9.88 Å². The second kappa shape index (κ2) is 9.21. The normalized spacial score (nSPS) is 13.7. The SMILES string of the molecule is O=C(c1cccnc1Nc1ccc(OCc2ccccc2)cc1)N1CCOCC1. The van der Waals surface area contributed by atoms with E-state index in [1.807, 2.05) is 54.6 Å². The second-order valence-electron chi connectivity index (χ2n) is 6.73. The van der Waals surface area contributed by atoms with Crippen molar-refractivity contribution in [2.24, 2.45) is 0 Å². The molecule has 2 heterocycles. The molecular weight excluding hydrogens is 366 g/mol. The molecule has 3 aromatic rings. The van der Waals surface area contributed by atoms with Gasteiger partial charge in [0, 0.05) is 25.0 Å². The van der Waals surface area contributed by atoms with E-state index in [2.05, 4.69) is 10.3 Å². The number of rotatable bonds is 6. The van der Waals surface area contributed by atoms with E-state index in [1.165, 1.54) is 0 Å². The molecule has 1 aliphatic heterocycles. The third kappa shape index (κ3) is 4.92. The van der Waals surface area contributed by atoms with Crippen LogP contribution in [0.25, 0.3) is 0 Å². The number of hydrogen-bond acceptors (Lipinski definition) is 5. The van der Waals surface area contributed by atoms with Gasteiger partial charge in [0.2, 0.25) is 0 Å². The Balaban J connectivity index is 1.42. The summed E-state index contributed by atoms with van der Waals surface area (Å²) in [5.41, 5.74) is 2.51. The van der Waals surface area contributed by atoms with Gasteiger partial charge in [-0.15, -0.1) is 0 Å². The Morgan fingerprint density at radius 1 is 1.00 bits per heavy atom. The number of carbonyl (C=O) groups excluding carboxylic acids is 1. The fourth-order valence-electron chi connectivity index (χ4n) is 3.13. The Morgan fingerprint density at radius 3 is 2.52 bits per heavy atom. The highest BCUT2D eigenvalue weighted by Gasteiger charge is 2.21.